The maximum atomic E-state index is 13.1. The smallest absolute Gasteiger partial charge is 0.190 e. The summed E-state index contributed by atoms with van der Waals surface area (Å²) in [5.74, 6) is 0.468. The third kappa shape index (κ3) is 4.53. The summed E-state index contributed by atoms with van der Waals surface area (Å²) >= 11 is 3.27. The van der Waals surface area contributed by atoms with Gasteiger partial charge in [0.25, 0.3) is 0 Å². The van der Waals surface area contributed by atoms with Crippen molar-refractivity contribution in [2.75, 3.05) is 18.2 Å². The average molecular weight is 464 g/mol. The lowest BCUT2D eigenvalue weighted by molar-refractivity contribution is 0.249. The number of benzene rings is 2. The lowest BCUT2D eigenvalue weighted by Gasteiger charge is -2.26. The second kappa shape index (κ2) is 9.36. The highest BCUT2D eigenvalue weighted by molar-refractivity contribution is 7.98. The van der Waals surface area contributed by atoms with Gasteiger partial charge in [-0.1, -0.05) is 54.2 Å². The van der Waals surface area contributed by atoms with Gasteiger partial charge in [-0.3, -0.25) is 10.3 Å². The van der Waals surface area contributed by atoms with Gasteiger partial charge in [-0.05, 0) is 41.5 Å². The van der Waals surface area contributed by atoms with E-state index < -0.39 is 0 Å². The molecule has 1 aliphatic heterocycles. The lowest BCUT2D eigenvalue weighted by Crippen LogP contribution is -2.29. The molecule has 0 radical (unpaired) electrons. The first-order valence-corrected chi connectivity index (χ1v) is 12.4. The summed E-state index contributed by atoms with van der Waals surface area (Å²) in [5, 5.41) is 6.15. The van der Waals surface area contributed by atoms with Crippen molar-refractivity contribution in [1.82, 2.24) is 14.9 Å². The van der Waals surface area contributed by atoms with Crippen molar-refractivity contribution in [2.45, 2.75) is 24.7 Å². The molecule has 1 aliphatic rings. The number of hydrogen-bond acceptors (Lipinski definition) is 7. The molecule has 0 unspecified atom stereocenters. The first kappa shape index (κ1) is 21.1. The van der Waals surface area contributed by atoms with Gasteiger partial charge >= 0.3 is 0 Å². The summed E-state index contributed by atoms with van der Waals surface area (Å²) < 4.78 is 13.1. The lowest BCUT2D eigenvalue weighted by atomic mass is 10.0. The van der Waals surface area contributed by atoms with E-state index in [1.165, 1.54) is 39.9 Å². The summed E-state index contributed by atoms with van der Waals surface area (Å²) in [5.41, 5.74) is 6.59. The third-order valence-corrected chi connectivity index (χ3v) is 7.10. The summed E-state index contributed by atoms with van der Waals surface area (Å²) in [6.45, 7) is 2.86. The largest absolute Gasteiger partial charge is 0.294 e. The topological polar surface area (TPSA) is 53.4 Å². The van der Waals surface area contributed by atoms with Gasteiger partial charge in [0.15, 0.2) is 11.0 Å². The van der Waals surface area contributed by atoms with Crippen LogP contribution in [0.2, 0.25) is 0 Å². The Bertz CT molecular complexity index is 1260. The van der Waals surface area contributed by atoms with Crippen LogP contribution in [0.1, 0.15) is 21.6 Å². The van der Waals surface area contributed by atoms with Crippen molar-refractivity contribution in [3.63, 3.8) is 0 Å². The molecule has 0 saturated carbocycles. The number of thiophene rings is 1. The normalized spacial score (nSPS) is 14.2. The molecule has 3 heterocycles. The first-order valence-electron chi connectivity index (χ1n) is 10.4. The molecule has 1 N–H and O–H groups in total. The van der Waals surface area contributed by atoms with Gasteiger partial charge in [-0.2, -0.15) is 5.10 Å². The maximum absolute atomic E-state index is 13.1. The number of nitrogens with zero attached hydrogens (tertiary/aromatic N) is 4. The molecule has 0 bridgehead atoms. The average Bonchev–Trinajstić information content (AvgIpc) is 3.18. The molecule has 162 valence electrons. The molecular weight excluding hydrogens is 441 g/mol. The zero-order chi connectivity index (χ0) is 21.9. The van der Waals surface area contributed by atoms with Gasteiger partial charge in [0.05, 0.1) is 11.6 Å². The van der Waals surface area contributed by atoms with E-state index in [0.717, 1.165) is 52.8 Å². The Morgan fingerprint density at radius 3 is 2.75 bits per heavy atom. The van der Waals surface area contributed by atoms with Crippen molar-refractivity contribution in [3.8, 4) is 0 Å². The summed E-state index contributed by atoms with van der Waals surface area (Å²) in [7, 11) is 0. The van der Waals surface area contributed by atoms with Crippen LogP contribution in [0.15, 0.2) is 64.9 Å². The minimum atomic E-state index is -0.261. The van der Waals surface area contributed by atoms with Gasteiger partial charge in [0, 0.05) is 24.5 Å². The zero-order valence-electron chi connectivity index (χ0n) is 17.6. The van der Waals surface area contributed by atoms with Crippen LogP contribution in [0, 0.1) is 5.82 Å². The van der Waals surface area contributed by atoms with E-state index in [0.29, 0.717) is 0 Å². The molecule has 5 rings (SSSR count). The van der Waals surface area contributed by atoms with E-state index in [1.807, 2.05) is 6.26 Å². The minimum Gasteiger partial charge on any atom is -0.294 e. The summed E-state index contributed by atoms with van der Waals surface area (Å²) in [6, 6.07) is 16.8. The van der Waals surface area contributed by atoms with Crippen LogP contribution in [0.3, 0.4) is 0 Å². The molecule has 0 saturated heterocycles. The van der Waals surface area contributed by atoms with Crippen LogP contribution in [0.4, 0.5) is 10.2 Å². The Kier molecular flexibility index (Phi) is 6.16. The minimum absolute atomic E-state index is 0.261. The van der Waals surface area contributed by atoms with E-state index in [2.05, 4.69) is 45.8 Å². The Hall–Kier alpha value is -2.81. The monoisotopic (exact) mass is 463 g/mol. The standard InChI is InChI=1S/C24H22FN5S2/c1-31-24-27-22(29-26-13-16-7-9-18(25)10-8-16)21-19-11-12-30(14-17-5-3-2-4-6-17)15-20(19)32-23(21)28-24/h2-10,13H,11-12,14-15H2,1H3,(H,27,28,29). The molecule has 0 amide bonds. The fraction of sp³-hybridized carbons (Fsp3) is 0.208. The van der Waals surface area contributed by atoms with E-state index in [-0.39, 0.29) is 5.82 Å². The van der Waals surface area contributed by atoms with Gasteiger partial charge in [-0.25, -0.2) is 14.4 Å². The fourth-order valence-corrected chi connectivity index (χ4v) is 5.58. The molecule has 5 nitrogen and oxygen atoms in total. The van der Waals surface area contributed by atoms with Crippen LogP contribution in [-0.2, 0) is 19.5 Å². The highest BCUT2D eigenvalue weighted by Gasteiger charge is 2.24. The van der Waals surface area contributed by atoms with Crippen LogP contribution in [0.25, 0.3) is 10.2 Å². The molecule has 8 heteroatoms. The van der Waals surface area contributed by atoms with Crippen molar-refractivity contribution >= 4 is 45.3 Å². The molecule has 2 aromatic carbocycles. The SMILES string of the molecule is CSc1nc(NN=Cc2ccc(F)cc2)c2c3c(sc2n1)CN(Cc1ccccc1)CC3. The number of thioether (sulfide) groups is 1. The number of hydrazone groups is 1. The van der Waals surface area contributed by atoms with E-state index in [9.17, 15) is 4.39 Å². The van der Waals surface area contributed by atoms with Crippen LogP contribution < -0.4 is 5.43 Å². The van der Waals surface area contributed by atoms with Gasteiger partial charge in [0.2, 0.25) is 0 Å². The molecule has 0 aliphatic carbocycles. The van der Waals surface area contributed by atoms with Crippen molar-refractivity contribution in [1.29, 1.82) is 0 Å². The van der Waals surface area contributed by atoms with E-state index in [4.69, 9.17) is 9.97 Å². The Morgan fingerprint density at radius 1 is 1.16 bits per heavy atom. The number of halogens is 1. The Morgan fingerprint density at radius 2 is 1.97 bits per heavy atom. The predicted octanol–water partition coefficient (Wildman–Crippen LogP) is 5.56. The Labute approximate surface area is 194 Å². The summed E-state index contributed by atoms with van der Waals surface area (Å²) in [4.78, 5) is 14.3. The molecule has 32 heavy (non-hydrogen) atoms. The van der Waals surface area contributed by atoms with Crippen LogP contribution in [-0.4, -0.2) is 33.9 Å². The highest BCUT2D eigenvalue weighted by atomic mass is 32.2. The van der Waals surface area contributed by atoms with Gasteiger partial charge < -0.3 is 0 Å². The molecule has 2 aromatic heterocycles. The number of fused-ring (bicyclic) bond motifs is 3. The molecule has 0 atom stereocenters. The van der Waals surface area contributed by atoms with Gasteiger partial charge in [0.1, 0.15) is 10.6 Å². The number of nitrogens with one attached hydrogen (secondary N) is 1. The van der Waals surface area contributed by atoms with E-state index in [1.54, 1.807) is 29.7 Å². The van der Waals surface area contributed by atoms with Crippen LogP contribution >= 0.6 is 23.1 Å². The quantitative estimate of drug-likeness (QED) is 0.176. The molecule has 0 spiro atoms. The number of aromatic nitrogens is 2. The second-order valence-electron chi connectivity index (χ2n) is 7.61. The van der Waals surface area contributed by atoms with Crippen LogP contribution in [0.5, 0.6) is 0 Å². The summed E-state index contributed by atoms with van der Waals surface area (Å²) in [6.07, 6.45) is 4.61. The number of hydrogen-bond donors (Lipinski definition) is 1. The van der Waals surface area contributed by atoms with Crippen molar-refractivity contribution < 1.29 is 4.39 Å². The van der Waals surface area contributed by atoms with E-state index >= 15 is 0 Å². The highest BCUT2D eigenvalue weighted by Crippen LogP contribution is 2.38. The number of rotatable bonds is 6. The van der Waals surface area contributed by atoms with Gasteiger partial charge in [-0.15, -0.1) is 11.3 Å². The second-order valence-corrected chi connectivity index (χ2v) is 9.47. The first-order chi connectivity index (χ1) is 15.7. The van der Waals surface area contributed by atoms with Crippen molar-refractivity contribution in [3.05, 3.63) is 82.0 Å². The zero-order valence-corrected chi connectivity index (χ0v) is 19.2. The molecule has 0 fully saturated rings. The maximum Gasteiger partial charge on any atom is 0.190 e. The Balaban J connectivity index is 1.42. The predicted molar refractivity (Wildman–Crippen MR) is 131 cm³/mol. The van der Waals surface area contributed by atoms with Crippen molar-refractivity contribution in [2.24, 2.45) is 5.10 Å². The number of anilines is 1. The fourth-order valence-electron chi connectivity index (χ4n) is 3.89. The molecule has 4 aromatic rings. The molecular formula is C24H22FN5S2. The third-order valence-electron chi connectivity index (χ3n) is 5.44.